The zero-order valence-electron chi connectivity index (χ0n) is 16.0. The molecular formula is C21H25FN4O. The highest BCUT2D eigenvalue weighted by Gasteiger charge is 2.29. The van der Waals surface area contributed by atoms with Gasteiger partial charge in [-0.25, -0.2) is 9.37 Å². The summed E-state index contributed by atoms with van der Waals surface area (Å²) in [4.78, 5) is 19.7. The van der Waals surface area contributed by atoms with Gasteiger partial charge in [-0.1, -0.05) is 0 Å². The lowest BCUT2D eigenvalue weighted by Gasteiger charge is -2.33. The predicted octanol–water partition coefficient (Wildman–Crippen LogP) is 4.11. The first-order valence-corrected chi connectivity index (χ1v) is 9.52. The van der Waals surface area contributed by atoms with Crippen molar-refractivity contribution in [1.82, 2.24) is 19.0 Å². The van der Waals surface area contributed by atoms with Gasteiger partial charge in [0, 0.05) is 55.4 Å². The van der Waals surface area contributed by atoms with Crippen LogP contribution in [0.3, 0.4) is 0 Å². The molecule has 1 amide bonds. The molecule has 1 aromatic carbocycles. The van der Waals surface area contributed by atoms with Crippen LogP contribution < -0.4 is 0 Å². The van der Waals surface area contributed by atoms with E-state index >= 15 is 0 Å². The summed E-state index contributed by atoms with van der Waals surface area (Å²) in [5.41, 5.74) is 1.46. The summed E-state index contributed by atoms with van der Waals surface area (Å²) >= 11 is 0. The van der Waals surface area contributed by atoms with E-state index in [2.05, 4.69) is 23.4 Å². The van der Waals surface area contributed by atoms with Gasteiger partial charge in [-0.15, -0.1) is 0 Å². The minimum Gasteiger partial charge on any atom is -0.340 e. The molecule has 4 rings (SSSR count). The van der Waals surface area contributed by atoms with Crippen molar-refractivity contribution in [3.05, 3.63) is 54.0 Å². The second-order valence-corrected chi connectivity index (χ2v) is 7.67. The van der Waals surface area contributed by atoms with Crippen LogP contribution in [0.5, 0.6) is 0 Å². The van der Waals surface area contributed by atoms with Crippen molar-refractivity contribution in [2.75, 3.05) is 13.1 Å². The molecule has 0 aliphatic carbocycles. The number of nitrogens with zero attached hydrogens (tertiary/aromatic N) is 4. The third kappa shape index (κ3) is 3.13. The number of piperidine rings is 1. The number of hydrogen-bond acceptors (Lipinski definition) is 2. The Morgan fingerprint density at radius 1 is 1.30 bits per heavy atom. The van der Waals surface area contributed by atoms with Crippen LogP contribution in [0, 0.1) is 5.82 Å². The van der Waals surface area contributed by atoms with E-state index in [4.69, 9.17) is 0 Å². The van der Waals surface area contributed by atoms with E-state index in [-0.39, 0.29) is 17.6 Å². The van der Waals surface area contributed by atoms with E-state index in [1.807, 2.05) is 28.9 Å². The highest BCUT2D eigenvalue weighted by Crippen LogP contribution is 2.29. The summed E-state index contributed by atoms with van der Waals surface area (Å²) in [5.74, 6) is 1.01. The lowest BCUT2D eigenvalue weighted by atomic mass is 9.96. The van der Waals surface area contributed by atoms with Gasteiger partial charge >= 0.3 is 0 Å². The number of benzene rings is 1. The zero-order chi connectivity index (χ0) is 19.1. The summed E-state index contributed by atoms with van der Waals surface area (Å²) in [6.45, 7) is 5.70. The topological polar surface area (TPSA) is 43.1 Å². The maximum absolute atomic E-state index is 13.5. The van der Waals surface area contributed by atoms with Crippen molar-refractivity contribution < 1.29 is 9.18 Å². The van der Waals surface area contributed by atoms with Crippen molar-refractivity contribution in [1.29, 1.82) is 0 Å². The molecule has 27 heavy (non-hydrogen) atoms. The molecule has 1 fully saturated rings. The number of fused-ring (bicyclic) bond motifs is 1. The maximum Gasteiger partial charge on any atom is 0.270 e. The molecule has 0 spiro atoms. The fourth-order valence-corrected chi connectivity index (χ4v) is 4.14. The molecule has 0 N–H and O–H groups in total. The molecular weight excluding hydrogens is 343 g/mol. The zero-order valence-corrected chi connectivity index (χ0v) is 16.0. The fourth-order valence-electron chi connectivity index (χ4n) is 4.14. The van der Waals surface area contributed by atoms with Gasteiger partial charge in [0.15, 0.2) is 0 Å². The van der Waals surface area contributed by atoms with E-state index in [0.29, 0.717) is 18.3 Å². The van der Waals surface area contributed by atoms with Gasteiger partial charge in [0.1, 0.15) is 17.3 Å². The van der Waals surface area contributed by atoms with Crippen LogP contribution >= 0.6 is 0 Å². The van der Waals surface area contributed by atoms with E-state index in [0.717, 1.165) is 36.1 Å². The molecule has 1 aliphatic rings. The van der Waals surface area contributed by atoms with Gasteiger partial charge in [0.05, 0.1) is 0 Å². The molecule has 142 valence electrons. The van der Waals surface area contributed by atoms with Crippen LogP contribution in [-0.2, 0) is 7.05 Å². The first kappa shape index (κ1) is 17.8. The van der Waals surface area contributed by atoms with E-state index < -0.39 is 0 Å². The molecule has 0 radical (unpaired) electrons. The Bertz CT molecular complexity index is 987. The van der Waals surface area contributed by atoms with Crippen LogP contribution in [-0.4, -0.2) is 38.0 Å². The lowest BCUT2D eigenvalue weighted by Crippen LogP contribution is -2.40. The van der Waals surface area contributed by atoms with Gasteiger partial charge in [0.25, 0.3) is 5.91 Å². The minimum absolute atomic E-state index is 0.00135. The number of halogens is 1. The molecule has 1 unspecified atom stereocenters. The van der Waals surface area contributed by atoms with Crippen molar-refractivity contribution in [3.63, 3.8) is 0 Å². The summed E-state index contributed by atoms with van der Waals surface area (Å²) in [5, 5.41) is 0.754. The van der Waals surface area contributed by atoms with Crippen molar-refractivity contribution in [3.8, 4) is 0 Å². The predicted molar refractivity (Wildman–Crippen MR) is 103 cm³/mol. The summed E-state index contributed by atoms with van der Waals surface area (Å²) < 4.78 is 17.6. The van der Waals surface area contributed by atoms with Gasteiger partial charge in [-0.2, -0.15) is 0 Å². The molecule has 1 atom stereocenters. The Balaban J connectivity index is 1.61. The first-order chi connectivity index (χ1) is 13.0. The van der Waals surface area contributed by atoms with Crippen molar-refractivity contribution in [2.45, 2.75) is 38.6 Å². The number of carbonyl (C=O) groups excluding carboxylic acids is 1. The Morgan fingerprint density at radius 2 is 2.11 bits per heavy atom. The van der Waals surface area contributed by atoms with E-state index in [9.17, 15) is 9.18 Å². The molecule has 6 heteroatoms. The van der Waals surface area contributed by atoms with Gasteiger partial charge < -0.3 is 14.0 Å². The average molecular weight is 368 g/mol. The second kappa shape index (κ2) is 6.83. The Morgan fingerprint density at radius 3 is 2.89 bits per heavy atom. The standard InChI is InChI=1S/C21H25FN4O/c1-14(2)26-10-8-23-20(26)15-5-4-9-25(13-15)21(27)19-12-16-11-17(22)6-7-18(16)24(19)3/h6-8,10-12,14-15H,4-5,9,13H2,1-3H3. The van der Waals surface area contributed by atoms with Crippen LogP contribution in [0.2, 0.25) is 0 Å². The highest BCUT2D eigenvalue weighted by atomic mass is 19.1. The Labute approximate surface area is 158 Å². The molecule has 1 saturated heterocycles. The summed E-state index contributed by atoms with van der Waals surface area (Å²) in [6, 6.07) is 6.77. The molecule has 5 nitrogen and oxygen atoms in total. The van der Waals surface area contributed by atoms with Crippen molar-refractivity contribution >= 4 is 16.8 Å². The Kier molecular flexibility index (Phi) is 4.50. The number of amides is 1. The quantitative estimate of drug-likeness (QED) is 0.698. The van der Waals surface area contributed by atoms with Crippen LogP contribution in [0.15, 0.2) is 36.7 Å². The maximum atomic E-state index is 13.5. The second-order valence-electron chi connectivity index (χ2n) is 7.67. The third-order valence-electron chi connectivity index (χ3n) is 5.55. The monoisotopic (exact) mass is 368 g/mol. The average Bonchev–Trinajstić information content (AvgIpc) is 3.26. The van der Waals surface area contributed by atoms with Gasteiger partial charge in [-0.05, 0) is 51.0 Å². The molecule has 0 bridgehead atoms. The summed E-state index contributed by atoms with van der Waals surface area (Å²) in [7, 11) is 1.86. The summed E-state index contributed by atoms with van der Waals surface area (Å²) in [6.07, 6.45) is 5.85. The number of imidazole rings is 1. The minimum atomic E-state index is -0.286. The number of aryl methyl sites for hydroxylation is 1. The van der Waals surface area contributed by atoms with Crippen LogP contribution in [0.25, 0.3) is 10.9 Å². The molecule has 3 heterocycles. The van der Waals surface area contributed by atoms with Gasteiger partial charge in [0.2, 0.25) is 0 Å². The lowest BCUT2D eigenvalue weighted by molar-refractivity contribution is 0.0694. The molecule has 0 saturated carbocycles. The molecule has 2 aromatic heterocycles. The van der Waals surface area contributed by atoms with Crippen LogP contribution in [0.1, 0.15) is 55.0 Å². The van der Waals surface area contributed by atoms with Crippen molar-refractivity contribution in [2.24, 2.45) is 7.05 Å². The van der Waals surface area contributed by atoms with Gasteiger partial charge in [-0.3, -0.25) is 4.79 Å². The first-order valence-electron chi connectivity index (χ1n) is 9.52. The number of aromatic nitrogens is 3. The SMILES string of the molecule is CC(C)n1ccnc1C1CCCN(C(=O)c2cc3cc(F)ccc3n2C)C1. The normalized spacial score (nSPS) is 17.8. The largest absolute Gasteiger partial charge is 0.340 e. The number of carbonyl (C=O) groups is 1. The smallest absolute Gasteiger partial charge is 0.270 e. The molecule has 3 aromatic rings. The van der Waals surface area contributed by atoms with Crippen LogP contribution in [0.4, 0.5) is 4.39 Å². The highest BCUT2D eigenvalue weighted by molar-refractivity contribution is 5.98. The fraction of sp³-hybridized carbons (Fsp3) is 0.429. The van der Waals surface area contributed by atoms with E-state index in [1.54, 1.807) is 12.1 Å². The number of likely N-dealkylation sites (tertiary alicyclic amines) is 1. The number of hydrogen-bond donors (Lipinski definition) is 0. The van der Waals surface area contributed by atoms with E-state index in [1.165, 1.54) is 12.1 Å². The number of rotatable bonds is 3. The molecule has 1 aliphatic heterocycles. The Hall–Kier alpha value is -2.63. The third-order valence-corrected chi connectivity index (χ3v) is 5.55.